The molecule has 280 valence electrons. The lowest BCUT2D eigenvalue weighted by Crippen LogP contribution is -2.04. The molecular weight excluding hydrogens is 715 g/mol. The van der Waals surface area contributed by atoms with E-state index in [2.05, 4.69) is 223 Å². The molecule has 2 nitrogen and oxygen atoms in total. The second kappa shape index (κ2) is 14.8. The van der Waals surface area contributed by atoms with Crippen molar-refractivity contribution in [2.24, 2.45) is 0 Å². The molecule has 0 aliphatic carbocycles. The van der Waals surface area contributed by atoms with Crippen molar-refractivity contribution in [3.8, 4) is 39.1 Å². The third-order valence-electron chi connectivity index (χ3n) is 12.1. The number of hydrogen-bond donors (Lipinski definition) is 0. The molecular formula is C57H41NO. The largest absolute Gasteiger partial charge is 0.455 e. The Labute approximate surface area is 344 Å². The van der Waals surface area contributed by atoms with Crippen molar-refractivity contribution in [3.05, 3.63) is 235 Å². The molecule has 59 heavy (non-hydrogen) atoms. The maximum absolute atomic E-state index is 6.93. The first-order valence-electron chi connectivity index (χ1n) is 20.6. The monoisotopic (exact) mass is 755 g/mol. The quantitative estimate of drug-likeness (QED) is 0.143. The Kier molecular flexibility index (Phi) is 8.74. The summed E-state index contributed by atoms with van der Waals surface area (Å²) in [4.78, 5) is 0. The van der Waals surface area contributed by atoms with Crippen LogP contribution in [0.15, 0.2) is 223 Å². The number of benzene rings is 9. The Bertz CT molecular complexity index is 3230. The number of aryl methyl sites for hydroxylation is 1. The van der Waals surface area contributed by atoms with Gasteiger partial charge in [0.2, 0.25) is 0 Å². The lowest BCUT2D eigenvalue weighted by Gasteiger charge is -2.21. The van der Waals surface area contributed by atoms with Gasteiger partial charge in [-0.15, -0.1) is 0 Å². The van der Waals surface area contributed by atoms with Gasteiger partial charge in [-0.05, 0) is 93.7 Å². The Morgan fingerprint density at radius 3 is 1.69 bits per heavy atom. The van der Waals surface area contributed by atoms with Crippen LogP contribution < -0.4 is 0 Å². The van der Waals surface area contributed by atoms with Crippen LogP contribution in [0.2, 0.25) is 0 Å². The summed E-state index contributed by atoms with van der Waals surface area (Å²) < 4.78 is 9.30. The average molecular weight is 756 g/mol. The van der Waals surface area contributed by atoms with Gasteiger partial charge in [0.1, 0.15) is 11.2 Å². The van der Waals surface area contributed by atoms with Gasteiger partial charge in [0.15, 0.2) is 0 Å². The number of para-hydroxylation sites is 3. The van der Waals surface area contributed by atoms with E-state index in [-0.39, 0.29) is 5.92 Å². The Hall–Kier alpha value is -7.42. The van der Waals surface area contributed by atoms with Crippen LogP contribution in [0.1, 0.15) is 29.0 Å². The van der Waals surface area contributed by atoms with Gasteiger partial charge in [0.25, 0.3) is 0 Å². The number of hydrogen-bond acceptors (Lipinski definition) is 1. The van der Waals surface area contributed by atoms with E-state index >= 15 is 0 Å². The van der Waals surface area contributed by atoms with Crippen LogP contribution in [0, 0.1) is 0 Å². The molecule has 11 aromatic rings. The first kappa shape index (κ1) is 34.8. The first-order chi connectivity index (χ1) is 29.3. The summed E-state index contributed by atoms with van der Waals surface area (Å²) in [5.74, 6) is 0.137. The van der Waals surface area contributed by atoms with Crippen LogP contribution in [0.5, 0.6) is 0 Å². The SMILES string of the molecule is c1ccc(-c2ccc(CCC(c3ccc(-c4ccccc4)cc3)c3ccc(-c4ccc5c(c4)c4ccccc4n5-c4ccccc4)c4oc5ccccc5c34)cc2)cc1. The van der Waals surface area contributed by atoms with Crippen LogP contribution in [0.25, 0.3) is 82.8 Å². The highest BCUT2D eigenvalue weighted by Gasteiger charge is 2.24. The normalized spacial score (nSPS) is 12.1. The Morgan fingerprint density at radius 1 is 0.424 bits per heavy atom. The molecule has 1 atom stereocenters. The minimum Gasteiger partial charge on any atom is -0.455 e. The number of furan rings is 1. The van der Waals surface area contributed by atoms with Crippen molar-refractivity contribution in [3.63, 3.8) is 0 Å². The zero-order chi connectivity index (χ0) is 39.1. The third-order valence-corrected chi connectivity index (χ3v) is 12.1. The molecule has 11 rings (SSSR count). The summed E-state index contributed by atoms with van der Waals surface area (Å²) in [6.07, 6.45) is 1.90. The standard InChI is InChI=1S/C57H41NO/c1-4-14-40(15-5-1)42-27-24-39(25-28-42)26-34-47(44-31-29-43(30-32-44)41-16-6-2-7-17-41)50-36-35-48(57-56(50)51-21-11-13-23-55(51)59-57)45-33-37-54-52(38-45)49-20-10-12-22-53(49)58(54)46-18-8-3-9-19-46/h1-25,27-33,35-38,47H,26,34H2. The lowest BCUT2D eigenvalue weighted by molar-refractivity contribution is 0.668. The third kappa shape index (κ3) is 6.31. The van der Waals surface area contributed by atoms with E-state index in [0.29, 0.717) is 0 Å². The molecule has 2 aromatic heterocycles. The van der Waals surface area contributed by atoms with E-state index in [1.807, 2.05) is 0 Å². The summed E-state index contributed by atoms with van der Waals surface area (Å²) in [7, 11) is 0. The van der Waals surface area contributed by atoms with E-state index in [0.717, 1.165) is 46.2 Å². The number of aromatic nitrogens is 1. The lowest BCUT2D eigenvalue weighted by atomic mass is 9.82. The molecule has 0 spiro atoms. The summed E-state index contributed by atoms with van der Waals surface area (Å²) in [6.45, 7) is 0. The fraction of sp³-hybridized carbons (Fsp3) is 0.0526. The van der Waals surface area contributed by atoms with E-state index < -0.39 is 0 Å². The maximum atomic E-state index is 6.93. The van der Waals surface area contributed by atoms with Crippen molar-refractivity contribution >= 4 is 43.7 Å². The van der Waals surface area contributed by atoms with Gasteiger partial charge in [-0.1, -0.05) is 182 Å². The molecule has 0 amide bonds. The Balaban J connectivity index is 1.05. The predicted molar refractivity (Wildman–Crippen MR) is 247 cm³/mol. The second-order valence-corrected chi connectivity index (χ2v) is 15.6. The topological polar surface area (TPSA) is 18.1 Å². The van der Waals surface area contributed by atoms with Crippen LogP contribution in [-0.2, 0) is 6.42 Å². The number of fused-ring (bicyclic) bond motifs is 6. The molecule has 0 aliphatic rings. The highest BCUT2D eigenvalue weighted by atomic mass is 16.3. The van der Waals surface area contributed by atoms with E-state index in [1.54, 1.807) is 0 Å². The average Bonchev–Trinajstić information content (AvgIpc) is 3.87. The fourth-order valence-electron chi connectivity index (χ4n) is 9.21. The van der Waals surface area contributed by atoms with E-state index in [9.17, 15) is 0 Å². The van der Waals surface area contributed by atoms with Crippen LogP contribution in [0.3, 0.4) is 0 Å². The van der Waals surface area contributed by atoms with Gasteiger partial charge >= 0.3 is 0 Å². The van der Waals surface area contributed by atoms with Gasteiger partial charge in [0, 0.05) is 38.7 Å². The minimum atomic E-state index is 0.137. The smallest absolute Gasteiger partial charge is 0.143 e. The summed E-state index contributed by atoms with van der Waals surface area (Å²) in [5.41, 5.74) is 16.5. The predicted octanol–water partition coefficient (Wildman–Crippen LogP) is 15.4. The van der Waals surface area contributed by atoms with Crippen molar-refractivity contribution in [1.82, 2.24) is 4.57 Å². The molecule has 0 fully saturated rings. The van der Waals surface area contributed by atoms with Gasteiger partial charge in [0.05, 0.1) is 11.0 Å². The van der Waals surface area contributed by atoms with Crippen LogP contribution >= 0.6 is 0 Å². The molecule has 2 heteroatoms. The molecule has 2 heterocycles. The highest BCUT2D eigenvalue weighted by Crippen LogP contribution is 2.44. The molecule has 0 bridgehead atoms. The molecule has 1 unspecified atom stereocenters. The van der Waals surface area contributed by atoms with Crippen molar-refractivity contribution in [2.45, 2.75) is 18.8 Å². The maximum Gasteiger partial charge on any atom is 0.143 e. The second-order valence-electron chi connectivity index (χ2n) is 15.6. The summed E-state index contributed by atoms with van der Waals surface area (Å²) >= 11 is 0. The van der Waals surface area contributed by atoms with Crippen molar-refractivity contribution < 1.29 is 4.42 Å². The highest BCUT2D eigenvalue weighted by molar-refractivity contribution is 6.14. The van der Waals surface area contributed by atoms with Gasteiger partial charge in [-0.3, -0.25) is 0 Å². The van der Waals surface area contributed by atoms with Gasteiger partial charge in [-0.2, -0.15) is 0 Å². The van der Waals surface area contributed by atoms with E-state index in [1.165, 1.54) is 66.1 Å². The van der Waals surface area contributed by atoms with Crippen molar-refractivity contribution in [1.29, 1.82) is 0 Å². The summed E-state index contributed by atoms with van der Waals surface area (Å²) in [6, 6.07) is 79.2. The van der Waals surface area contributed by atoms with Gasteiger partial charge < -0.3 is 8.98 Å². The van der Waals surface area contributed by atoms with Crippen LogP contribution in [0.4, 0.5) is 0 Å². The molecule has 0 aliphatic heterocycles. The van der Waals surface area contributed by atoms with Crippen LogP contribution in [-0.4, -0.2) is 4.57 Å². The van der Waals surface area contributed by atoms with E-state index in [4.69, 9.17) is 4.42 Å². The molecule has 0 N–H and O–H groups in total. The Morgan fingerprint density at radius 2 is 0.983 bits per heavy atom. The first-order valence-corrected chi connectivity index (χ1v) is 20.6. The molecule has 9 aromatic carbocycles. The van der Waals surface area contributed by atoms with Gasteiger partial charge in [-0.25, -0.2) is 0 Å². The molecule has 0 saturated heterocycles. The van der Waals surface area contributed by atoms with Crippen molar-refractivity contribution in [2.75, 3.05) is 0 Å². The molecule has 0 saturated carbocycles. The zero-order valence-electron chi connectivity index (χ0n) is 32.6. The molecule has 0 radical (unpaired) electrons. The summed E-state index contributed by atoms with van der Waals surface area (Å²) in [5, 5.41) is 4.81. The zero-order valence-corrected chi connectivity index (χ0v) is 32.6. The minimum absolute atomic E-state index is 0.137. The fourth-order valence-corrected chi connectivity index (χ4v) is 9.21. The number of nitrogens with zero attached hydrogens (tertiary/aromatic N) is 1. The number of rotatable bonds is 9.